The number of aliphatic carboxylic acids is 1. The van der Waals surface area contributed by atoms with Crippen molar-refractivity contribution in [3.05, 3.63) is 28.8 Å². The number of benzene rings is 1. The smallest absolute Gasteiger partial charge is 0.306 e. The lowest BCUT2D eigenvalue weighted by Crippen LogP contribution is -2.14. The average Bonchev–Trinajstić information content (AvgIpc) is 2.67. The number of rotatable bonds is 4. The summed E-state index contributed by atoms with van der Waals surface area (Å²) < 4.78 is 0.960. The lowest BCUT2D eigenvalue weighted by atomic mass is 10.00. The van der Waals surface area contributed by atoms with Crippen molar-refractivity contribution >= 4 is 33.3 Å². The van der Waals surface area contributed by atoms with Gasteiger partial charge in [-0.05, 0) is 25.1 Å². The van der Waals surface area contributed by atoms with Gasteiger partial charge < -0.3 is 5.11 Å². The van der Waals surface area contributed by atoms with Crippen LogP contribution in [0.3, 0.4) is 0 Å². The molecule has 1 unspecified atom stereocenters. The van der Waals surface area contributed by atoms with Crippen molar-refractivity contribution in [3.63, 3.8) is 0 Å². The Morgan fingerprint density at radius 2 is 2.17 bits per heavy atom. The Hall–Kier alpha value is -1.75. The number of ketones is 1. The number of carboxylic acids is 1. The van der Waals surface area contributed by atoms with Crippen LogP contribution in [-0.4, -0.2) is 21.8 Å². The van der Waals surface area contributed by atoms with Crippen LogP contribution in [0.15, 0.2) is 18.2 Å². The van der Waals surface area contributed by atoms with Gasteiger partial charge in [-0.25, -0.2) is 4.98 Å². The molecule has 0 aliphatic heterocycles. The highest BCUT2D eigenvalue weighted by molar-refractivity contribution is 7.18. The third-order valence-corrected chi connectivity index (χ3v) is 3.66. The van der Waals surface area contributed by atoms with Crippen LogP contribution in [0.5, 0.6) is 0 Å². The van der Waals surface area contributed by atoms with Crippen LogP contribution in [0, 0.1) is 12.8 Å². The van der Waals surface area contributed by atoms with Gasteiger partial charge in [-0.15, -0.1) is 11.3 Å². The monoisotopic (exact) mass is 263 g/mol. The summed E-state index contributed by atoms with van der Waals surface area (Å²) in [6.45, 7) is 3.45. The molecule has 2 rings (SSSR count). The van der Waals surface area contributed by atoms with Crippen molar-refractivity contribution in [2.75, 3.05) is 0 Å². The zero-order valence-corrected chi connectivity index (χ0v) is 11.0. The minimum Gasteiger partial charge on any atom is -0.481 e. The van der Waals surface area contributed by atoms with Gasteiger partial charge in [-0.3, -0.25) is 9.59 Å². The second-order valence-electron chi connectivity index (χ2n) is 4.28. The molecule has 4 nitrogen and oxygen atoms in total. The first-order valence-corrected chi connectivity index (χ1v) is 6.42. The number of aryl methyl sites for hydroxylation is 1. The van der Waals surface area contributed by atoms with Crippen LogP contribution in [0.2, 0.25) is 0 Å². The normalized spacial score (nSPS) is 12.6. The second-order valence-corrected chi connectivity index (χ2v) is 5.52. The van der Waals surface area contributed by atoms with Gasteiger partial charge in [-0.1, -0.05) is 6.92 Å². The van der Waals surface area contributed by atoms with Crippen molar-refractivity contribution in [2.24, 2.45) is 5.92 Å². The lowest BCUT2D eigenvalue weighted by Gasteiger charge is -2.05. The molecule has 1 aromatic heterocycles. The van der Waals surface area contributed by atoms with Gasteiger partial charge in [0.2, 0.25) is 0 Å². The third kappa shape index (κ3) is 2.56. The highest BCUT2D eigenvalue weighted by Crippen LogP contribution is 2.23. The molecule has 0 saturated heterocycles. The molecule has 0 aliphatic rings. The quantitative estimate of drug-likeness (QED) is 0.861. The number of thiazole rings is 1. The van der Waals surface area contributed by atoms with Crippen molar-refractivity contribution in [1.29, 1.82) is 0 Å². The van der Waals surface area contributed by atoms with Crippen molar-refractivity contribution < 1.29 is 14.7 Å². The molecule has 1 aromatic carbocycles. The fraction of sp³-hybridized carbons (Fsp3) is 0.308. The number of nitrogens with zero attached hydrogens (tertiary/aromatic N) is 1. The van der Waals surface area contributed by atoms with Gasteiger partial charge >= 0.3 is 5.97 Å². The van der Waals surface area contributed by atoms with Gasteiger partial charge in [0.15, 0.2) is 5.78 Å². The summed E-state index contributed by atoms with van der Waals surface area (Å²) in [5.41, 5.74) is 1.43. The molecular formula is C13H13NO3S. The lowest BCUT2D eigenvalue weighted by molar-refractivity contribution is -0.141. The first-order valence-electron chi connectivity index (χ1n) is 5.60. The number of Topliss-reactive ketones (excluding diaryl/α,β-unsaturated/α-hetero) is 1. The standard InChI is InChI=1S/C13H13NO3S/c1-7(13(16)17)5-11(15)9-3-4-10-12(6-9)18-8(2)14-10/h3-4,6-7H,5H2,1-2H3,(H,16,17). The molecule has 1 N–H and O–H groups in total. The maximum Gasteiger partial charge on any atom is 0.306 e. The largest absolute Gasteiger partial charge is 0.481 e. The van der Waals surface area contributed by atoms with Crippen molar-refractivity contribution in [1.82, 2.24) is 4.98 Å². The van der Waals surface area contributed by atoms with Gasteiger partial charge in [0.1, 0.15) is 0 Å². The number of carbonyl (C=O) groups excluding carboxylic acids is 1. The molecule has 94 valence electrons. The minimum atomic E-state index is -0.946. The number of carbonyl (C=O) groups is 2. The molecule has 1 atom stereocenters. The van der Waals surface area contributed by atoms with E-state index in [1.54, 1.807) is 18.2 Å². The average molecular weight is 263 g/mol. The van der Waals surface area contributed by atoms with Crippen molar-refractivity contribution in [2.45, 2.75) is 20.3 Å². The SMILES string of the molecule is Cc1nc2ccc(C(=O)CC(C)C(=O)O)cc2s1. The highest BCUT2D eigenvalue weighted by atomic mass is 32.1. The predicted octanol–water partition coefficient (Wildman–Crippen LogP) is 2.90. The van der Waals surface area contributed by atoms with Crippen LogP contribution < -0.4 is 0 Å². The van der Waals surface area contributed by atoms with E-state index >= 15 is 0 Å². The fourth-order valence-electron chi connectivity index (χ4n) is 1.70. The molecule has 0 fully saturated rings. The summed E-state index contributed by atoms with van der Waals surface area (Å²) in [5, 5.41) is 9.75. The Morgan fingerprint density at radius 3 is 2.83 bits per heavy atom. The van der Waals surface area contributed by atoms with Crippen LogP contribution in [0.4, 0.5) is 0 Å². The minimum absolute atomic E-state index is 0.0264. The van der Waals surface area contributed by atoms with Gasteiger partial charge in [-0.2, -0.15) is 0 Å². The molecule has 2 aromatic rings. The molecule has 18 heavy (non-hydrogen) atoms. The van der Waals surface area contributed by atoms with Crippen molar-refractivity contribution in [3.8, 4) is 0 Å². The Kier molecular flexibility index (Phi) is 3.43. The van der Waals surface area contributed by atoms with E-state index in [-0.39, 0.29) is 12.2 Å². The summed E-state index contributed by atoms with van der Waals surface area (Å²) >= 11 is 1.53. The van der Waals surface area contributed by atoms with E-state index in [1.165, 1.54) is 18.3 Å². The second kappa shape index (κ2) is 4.86. The summed E-state index contributed by atoms with van der Waals surface area (Å²) in [6, 6.07) is 5.30. The first kappa shape index (κ1) is 12.7. The molecule has 1 heterocycles. The Morgan fingerprint density at radius 1 is 1.44 bits per heavy atom. The maximum atomic E-state index is 11.9. The number of hydrogen-bond donors (Lipinski definition) is 1. The van der Waals surface area contributed by atoms with E-state index in [0.717, 1.165) is 15.2 Å². The zero-order chi connectivity index (χ0) is 13.3. The van der Waals surface area contributed by atoms with Gasteiger partial charge in [0.25, 0.3) is 0 Å². The molecule has 0 saturated carbocycles. The van der Waals surface area contributed by atoms with E-state index in [1.807, 2.05) is 6.92 Å². The summed E-state index contributed by atoms with van der Waals surface area (Å²) in [6.07, 6.45) is 0.0264. The van der Waals surface area contributed by atoms with E-state index in [2.05, 4.69) is 4.98 Å². The molecule has 0 amide bonds. The summed E-state index contributed by atoms with van der Waals surface area (Å²) in [7, 11) is 0. The number of hydrogen-bond acceptors (Lipinski definition) is 4. The Labute approximate surface area is 108 Å². The highest BCUT2D eigenvalue weighted by Gasteiger charge is 2.17. The van der Waals surface area contributed by atoms with E-state index < -0.39 is 11.9 Å². The topological polar surface area (TPSA) is 67.3 Å². The van der Waals surface area contributed by atoms with Crippen LogP contribution in [-0.2, 0) is 4.79 Å². The first-order chi connectivity index (χ1) is 8.47. The zero-order valence-electron chi connectivity index (χ0n) is 10.1. The number of carboxylic acid groups (broad SMARTS) is 1. The van der Waals surface area contributed by atoms with E-state index in [0.29, 0.717) is 5.56 Å². The van der Waals surface area contributed by atoms with E-state index in [4.69, 9.17) is 5.11 Å². The molecule has 0 spiro atoms. The van der Waals surface area contributed by atoms with Crippen LogP contribution in [0.25, 0.3) is 10.2 Å². The predicted molar refractivity (Wildman–Crippen MR) is 70.1 cm³/mol. The Balaban J connectivity index is 2.25. The number of fused-ring (bicyclic) bond motifs is 1. The van der Waals surface area contributed by atoms with Gasteiger partial charge in [0, 0.05) is 12.0 Å². The molecule has 5 heteroatoms. The van der Waals surface area contributed by atoms with Crippen LogP contribution in [0.1, 0.15) is 28.7 Å². The third-order valence-electron chi connectivity index (χ3n) is 2.73. The van der Waals surface area contributed by atoms with Crippen LogP contribution >= 0.6 is 11.3 Å². The Bertz CT molecular complexity index is 618. The van der Waals surface area contributed by atoms with E-state index in [9.17, 15) is 9.59 Å². The molecule has 0 radical (unpaired) electrons. The summed E-state index contributed by atoms with van der Waals surface area (Å²) in [4.78, 5) is 27.0. The number of aromatic nitrogens is 1. The molecule has 0 aliphatic carbocycles. The maximum absolute atomic E-state index is 11.9. The van der Waals surface area contributed by atoms with Gasteiger partial charge in [0.05, 0.1) is 21.1 Å². The molecular weight excluding hydrogens is 250 g/mol. The molecule has 0 bridgehead atoms. The summed E-state index contributed by atoms with van der Waals surface area (Å²) in [5.74, 6) is -1.74. The fourth-order valence-corrected chi connectivity index (χ4v) is 2.56.